The number of nitrogens with one attached hydrogen (secondary N) is 3. The SMILES string of the molecule is CC(O)C(N)C(=O)NC(Cc1ccc(O)cc1)C(=O)NC(CC(N)=O)C(=O)NC(Cc1ccccc1)C(=O)O. The molecule has 0 saturated carbocycles. The van der Waals surface area contributed by atoms with Gasteiger partial charge in [-0.2, -0.15) is 0 Å². The number of hydrogen-bond donors (Lipinski definition) is 8. The van der Waals surface area contributed by atoms with Gasteiger partial charge >= 0.3 is 5.97 Å². The predicted octanol–water partition coefficient (Wildman–Crippen LogP) is -1.70. The predicted molar refractivity (Wildman–Crippen MR) is 139 cm³/mol. The number of aliphatic carboxylic acids is 1. The number of carbonyl (C=O) groups excluding carboxylic acids is 4. The minimum absolute atomic E-state index is 0.0263. The summed E-state index contributed by atoms with van der Waals surface area (Å²) in [7, 11) is 0. The van der Waals surface area contributed by atoms with Gasteiger partial charge in [0, 0.05) is 12.8 Å². The molecule has 10 N–H and O–H groups in total. The van der Waals surface area contributed by atoms with Gasteiger partial charge in [0.15, 0.2) is 0 Å². The largest absolute Gasteiger partial charge is 0.508 e. The maximum Gasteiger partial charge on any atom is 0.326 e. The average molecular weight is 544 g/mol. The van der Waals surface area contributed by atoms with Crippen LogP contribution in [0.2, 0.25) is 0 Å². The first-order valence-corrected chi connectivity index (χ1v) is 12.0. The summed E-state index contributed by atoms with van der Waals surface area (Å²) in [5.41, 5.74) is 12.1. The van der Waals surface area contributed by atoms with Crippen LogP contribution >= 0.6 is 0 Å². The van der Waals surface area contributed by atoms with Crippen LogP contribution in [0.1, 0.15) is 24.5 Å². The van der Waals surface area contributed by atoms with E-state index in [-0.39, 0.29) is 18.6 Å². The van der Waals surface area contributed by atoms with Crippen molar-refractivity contribution in [1.29, 1.82) is 0 Å². The molecule has 0 spiro atoms. The fourth-order valence-electron chi connectivity index (χ4n) is 3.57. The highest BCUT2D eigenvalue weighted by atomic mass is 16.4. The zero-order chi connectivity index (χ0) is 29.1. The highest BCUT2D eigenvalue weighted by Crippen LogP contribution is 2.12. The Morgan fingerprint density at radius 3 is 1.79 bits per heavy atom. The summed E-state index contributed by atoms with van der Waals surface area (Å²) in [6.45, 7) is 1.29. The summed E-state index contributed by atoms with van der Waals surface area (Å²) < 4.78 is 0. The van der Waals surface area contributed by atoms with Gasteiger partial charge in [0.05, 0.1) is 12.5 Å². The fourth-order valence-corrected chi connectivity index (χ4v) is 3.57. The maximum atomic E-state index is 13.2. The maximum absolute atomic E-state index is 13.2. The highest BCUT2D eigenvalue weighted by Gasteiger charge is 2.32. The normalized spacial score (nSPS) is 14.6. The van der Waals surface area contributed by atoms with Gasteiger partial charge in [0.2, 0.25) is 23.6 Å². The van der Waals surface area contributed by atoms with Crippen LogP contribution in [0.3, 0.4) is 0 Å². The molecular formula is C26H33N5O8. The van der Waals surface area contributed by atoms with E-state index < -0.39 is 66.3 Å². The summed E-state index contributed by atoms with van der Waals surface area (Å²) in [6, 6.07) is 8.66. The summed E-state index contributed by atoms with van der Waals surface area (Å²) in [6.07, 6.45) is -2.05. The molecular weight excluding hydrogens is 510 g/mol. The molecule has 210 valence electrons. The summed E-state index contributed by atoms with van der Waals surface area (Å²) in [4.78, 5) is 62.2. The van der Waals surface area contributed by atoms with Crippen LogP contribution in [0.25, 0.3) is 0 Å². The number of aliphatic hydroxyl groups excluding tert-OH is 1. The monoisotopic (exact) mass is 543 g/mol. The number of primary amides is 1. The molecule has 5 atom stereocenters. The lowest BCUT2D eigenvalue weighted by Crippen LogP contribution is -2.59. The lowest BCUT2D eigenvalue weighted by Gasteiger charge is -2.25. The van der Waals surface area contributed by atoms with Crippen molar-refractivity contribution in [3.05, 3.63) is 65.7 Å². The van der Waals surface area contributed by atoms with Gasteiger partial charge in [-0.15, -0.1) is 0 Å². The minimum Gasteiger partial charge on any atom is -0.508 e. The topological polar surface area (TPSA) is 234 Å². The van der Waals surface area contributed by atoms with Gasteiger partial charge in [-0.3, -0.25) is 19.2 Å². The van der Waals surface area contributed by atoms with Gasteiger partial charge < -0.3 is 42.7 Å². The number of aromatic hydroxyl groups is 1. The van der Waals surface area contributed by atoms with Crippen LogP contribution in [0.15, 0.2) is 54.6 Å². The van der Waals surface area contributed by atoms with E-state index in [0.29, 0.717) is 11.1 Å². The molecule has 39 heavy (non-hydrogen) atoms. The quantitative estimate of drug-likeness (QED) is 0.135. The number of rotatable bonds is 14. The smallest absolute Gasteiger partial charge is 0.326 e. The molecule has 0 fully saturated rings. The van der Waals surface area contributed by atoms with Crippen molar-refractivity contribution in [2.75, 3.05) is 0 Å². The molecule has 0 aliphatic heterocycles. The van der Waals surface area contributed by atoms with E-state index in [1.807, 2.05) is 0 Å². The Morgan fingerprint density at radius 1 is 0.769 bits per heavy atom. The number of carboxylic acids is 1. The number of phenolic OH excluding ortho intramolecular Hbond substituents is 1. The Labute approximate surface area is 224 Å². The van der Waals surface area contributed by atoms with Crippen molar-refractivity contribution in [3.8, 4) is 5.75 Å². The third kappa shape index (κ3) is 10.1. The Balaban J connectivity index is 2.24. The number of hydrogen-bond acceptors (Lipinski definition) is 8. The fraction of sp³-hybridized carbons (Fsp3) is 0.346. The first kappa shape index (κ1) is 30.7. The standard InChI is InChI=1S/C26H33N5O8/c1-14(32)22(28)25(37)30-18(11-16-7-9-17(33)10-8-16)23(35)29-19(13-21(27)34)24(36)31-20(26(38)39)12-15-5-3-2-4-6-15/h2-10,14,18-20,22,32-33H,11-13,28H2,1H3,(H2,27,34)(H,29,35)(H,30,37)(H,31,36)(H,38,39). The van der Waals surface area contributed by atoms with Crippen LogP contribution in [0.5, 0.6) is 5.75 Å². The van der Waals surface area contributed by atoms with Gasteiger partial charge in [0.25, 0.3) is 0 Å². The van der Waals surface area contributed by atoms with Gasteiger partial charge in [-0.25, -0.2) is 4.79 Å². The van der Waals surface area contributed by atoms with Gasteiger partial charge in [-0.05, 0) is 30.2 Å². The van der Waals surface area contributed by atoms with Crippen LogP contribution in [-0.2, 0) is 36.8 Å². The first-order valence-electron chi connectivity index (χ1n) is 12.0. The lowest BCUT2D eigenvalue weighted by molar-refractivity contribution is -0.142. The Bertz CT molecular complexity index is 1160. The van der Waals surface area contributed by atoms with E-state index >= 15 is 0 Å². The molecule has 2 aromatic rings. The Kier molecular flexibility index (Phi) is 11.4. The summed E-state index contributed by atoms with van der Waals surface area (Å²) >= 11 is 0. The van der Waals surface area contributed by atoms with E-state index in [1.165, 1.54) is 31.2 Å². The number of benzene rings is 2. The van der Waals surface area contributed by atoms with E-state index in [9.17, 15) is 39.3 Å². The van der Waals surface area contributed by atoms with Crippen LogP contribution in [-0.4, -0.2) is 75.2 Å². The van der Waals surface area contributed by atoms with E-state index in [4.69, 9.17) is 11.5 Å². The number of aliphatic hydroxyl groups is 1. The number of amides is 4. The zero-order valence-corrected chi connectivity index (χ0v) is 21.2. The summed E-state index contributed by atoms with van der Waals surface area (Å²) in [5, 5.41) is 35.9. The average Bonchev–Trinajstić information content (AvgIpc) is 2.88. The molecule has 13 nitrogen and oxygen atoms in total. The number of phenols is 1. The number of nitrogens with two attached hydrogens (primary N) is 2. The third-order valence-electron chi connectivity index (χ3n) is 5.77. The lowest BCUT2D eigenvalue weighted by atomic mass is 10.0. The molecule has 13 heteroatoms. The van der Waals surface area contributed by atoms with E-state index in [1.54, 1.807) is 30.3 Å². The molecule has 5 unspecified atom stereocenters. The van der Waals surface area contributed by atoms with Crippen molar-refractivity contribution in [1.82, 2.24) is 16.0 Å². The zero-order valence-electron chi connectivity index (χ0n) is 21.2. The van der Waals surface area contributed by atoms with Crippen molar-refractivity contribution in [2.24, 2.45) is 11.5 Å². The van der Waals surface area contributed by atoms with Crippen LogP contribution in [0, 0.1) is 0 Å². The van der Waals surface area contributed by atoms with E-state index in [2.05, 4.69) is 16.0 Å². The number of carbonyl (C=O) groups is 5. The third-order valence-corrected chi connectivity index (χ3v) is 5.77. The second-order valence-corrected chi connectivity index (χ2v) is 9.02. The molecule has 0 saturated heterocycles. The minimum atomic E-state index is -1.56. The Hall–Kier alpha value is -4.49. The second kappa shape index (κ2) is 14.4. The molecule has 0 heterocycles. The molecule has 0 aliphatic carbocycles. The first-order chi connectivity index (χ1) is 18.4. The van der Waals surface area contributed by atoms with Crippen LogP contribution in [0.4, 0.5) is 0 Å². The van der Waals surface area contributed by atoms with Crippen molar-refractivity contribution >= 4 is 29.6 Å². The molecule has 0 aliphatic rings. The molecule has 2 rings (SSSR count). The van der Waals surface area contributed by atoms with Crippen molar-refractivity contribution < 1.29 is 39.3 Å². The Morgan fingerprint density at radius 2 is 1.26 bits per heavy atom. The molecule has 0 radical (unpaired) electrons. The van der Waals surface area contributed by atoms with Crippen LogP contribution < -0.4 is 27.4 Å². The number of carboxylic acid groups (broad SMARTS) is 1. The molecule has 0 bridgehead atoms. The van der Waals surface area contributed by atoms with Gasteiger partial charge in [0.1, 0.15) is 29.9 Å². The van der Waals surface area contributed by atoms with Crippen molar-refractivity contribution in [3.63, 3.8) is 0 Å². The highest BCUT2D eigenvalue weighted by molar-refractivity contribution is 5.96. The van der Waals surface area contributed by atoms with Crippen molar-refractivity contribution in [2.45, 2.75) is 56.5 Å². The van der Waals surface area contributed by atoms with Gasteiger partial charge in [-0.1, -0.05) is 42.5 Å². The molecule has 2 aromatic carbocycles. The molecule has 4 amide bonds. The van der Waals surface area contributed by atoms with E-state index in [0.717, 1.165) is 0 Å². The molecule has 0 aromatic heterocycles. The second-order valence-electron chi connectivity index (χ2n) is 9.02. The summed E-state index contributed by atoms with van der Waals surface area (Å²) in [5.74, 6) is -5.02.